The van der Waals surface area contributed by atoms with Crippen LogP contribution in [0, 0.1) is 25.7 Å². The van der Waals surface area contributed by atoms with Crippen LogP contribution in [0.5, 0.6) is 0 Å². The molecule has 0 radical (unpaired) electrons. The number of primary amides is 2. The average Bonchev–Trinajstić information content (AvgIpc) is 3.15. The summed E-state index contributed by atoms with van der Waals surface area (Å²) in [6, 6.07) is 16.5. The number of amides is 2. The van der Waals surface area contributed by atoms with Gasteiger partial charge in [-0.2, -0.15) is 0 Å². The van der Waals surface area contributed by atoms with Crippen molar-refractivity contribution in [2.45, 2.75) is 103 Å². The van der Waals surface area contributed by atoms with E-state index in [1.54, 1.807) is 0 Å². The van der Waals surface area contributed by atoms with Gasteiger partial charge in [0.25, 0.3) is 11.8 Å². The molecule has 0 aliphatic heterocycles. The highest BCUT2D eigenvalue weighted by Gasteiger charge is 2.28. The first-order valence-corrected chi connectivity index (χ1v) is 18.7. The first-order valence-electron chi connectivity index (χ1n) is 18.7. The molecule has 4 aromatic rings. The summed E-state index contributed by atoms with van der Waals surface area (Å²) in [5, 5.41) is 0. The lowest BCUT2D eigenvalue weighted by Crippen LogP contribution is -2.22. The Bertz CT molecular complexity index is 1980. The van der Waals surface area contributed by atoms with E-state index in [9.17, 15) is 19.2 Å². The molecule has 0 spiro atoms. The lowest BCUT2D eigenvalue weighted by Gasteiger charge is -2.29. The Hall–Kier alpha value is -5.32. The van der Waals surface area contributed by atoms with Crippen molar-refractivity contribution >= 4 is 23.8 Å². The summed E-state index contributed by atoms with van der Waals surface area (Å²) >= 11 is 0. The molecule has 6 rings (SSSR count). The molecule has 2 aliphatic carbocycles. The van der Waals surface area contributed by atoms with Crippen molar-refractivity contribution in [2.24, 2.45) is 23.3 Å². The zero-order valence-corrected chi connectivity index (χ0v) is 30.8. The minimum Gasteiger partial charge on any atom is -0.393 e. The van der Waals surface area contributed by atoms with Crippen LogP contribution in [0.25, 0.3) is 22.5 Å². The van der Waals surface area contributed by atoms with Gasteiger partial charge in [-0.3, -0.25) is 29.1 Å². The number of aryl methyl sites for hydroxylation is 3. The Kier molecular flexibility index (Phi) is 11.7. The summed E-state index contributed by atoms with van der Waals surface area (Å²) in [6.45, 7) is 5.67. The molecule has 2 amide bonds. The molecule has 11 nitrogen and oxygen atoms in total. The molecule has 0 atom stereocenters. The van der Waals surface area contributed by atoms with Crippen molar-refractivity contribution in [2.75, 3.05) is 0 Å². The molecule has 0 unspecified atom stereocenters. The predicted molar refractivity (Wildman–Crippen MR) is 201 cm³/mol. The van der Waals surface area contributed by atoms with Crippen LogP contribution in [0.3, 0.4) is 0 Å². The first kappa shape index (κ1) is 37.4. The van der Waals surface area contributed by atoms with Gasteiger partial charge in [-0.05, 0) is 106 Å². The molecule has 0 saturated heterocycles. The van der Waals surface area contributed by atoms with Gasteiger partial charge in [0.2, 0.25) is 0 Å². The van der Waals surface area contributed by atoms with Gasteiger partial charge in [-0.15, -0.1) is 0 Å². The van der Waals surface area contributed by atoms with Crippen LogP contribution in [-0.2, 0) is 20.7 Å². The summed E-state index contributed by atoms with van der Waals surface area (Å²) in [5.74, 6) is -0.822. The van der Waals surface area contributed by atoms with Gasteiger partial charge in [0, 0.05) is 24.0 Å². The van der Waals surface area contributed by atoms with Gasteiger partial charge in [-0.1, -0.05) is 55.5 Å². The monoisotopic (exact) mass is 716 g/mol. The maximum Gasteiger partial charge on any atom is 0.313 e. The summed E-state index contributed by atoms with van der Waals surface area (Å²) < 4.78 is 5.31. The highest BCUT2D eigenvalue weighted by Crippen LogP contribution is 2.39. The van der Waals surface area contributed by atoms with Crippen molar-refractivity contribution in [3.63, 3.8) is 0 Å². The molecule has 2 aromatic heterocycles. The molecule has 53 heavy (non-hydrogen) atoms. The molecule has 2 aliphatic rings. The quantitative estimate of drug-likeness (QED) is 0.121. The largest absolute Gasteiger partial charge is 0.393 e. The number of ether oxygens (including phenoxy) is 1. The molecule has 2 aromatic carbocycles. The van der Waals surface area contributed by atoms with E-state index in [2.05, 4.69) is 44.2 Å². The topological polar surface area (TPSA) is 181 Å². The zero-order chi connectivity index (χ0) is 37.6. The molecular formula is C42H48N6O5. The highest BCUT2D eigenvalue weighted by atomic mass is 16.6. The van der Waals surface area contributed by atoms with Gasteiger partial charge in [0.1, 0.15) is 11.4 Å². The Morgan fingerprint density at radius 2 is 1.11 bits per heavy atom. The Balaban J connectivity index is 0.923. The first-order chi connectivity index (χ1) is 25.5. The number of nitrogens with two attached hydrogens (primary N) is 2. The van der Waals surface area contributed by atoms with E-state index >= 15 is 0 Å². The standard InChI is InChI=1S/C42H48N6O5/c1-4-34-40(42(44)52)48-39(25(3)46-34)33-19-15-31(16-20-33)29-11-7-27(8-12-29)22-37(50)53-36(49)21-26-5-9-28(10-6-26)30-13-17-32(18-14-30)38-24(2)45-23-35(47-38)41(43)51/h13-20,23,26-29H,4-12,21-22H2,1-3H3,(H2,43,51)(H2,44,52). The molecule has 0 bridgehead atoms. The normalized spacial score (nSPS) is 20.1. The van der Waals surface area contributed by atoms with Gasteiger partial charge in [-0.25, -0.2) is 9.97 Å². The fourth-order valence-electron chi connectivity index (χ4n) is 8.03. The Morgan fingerprint density at radius 3 is 1.55 bits per heavy atom. The zero-order valence-electron chi connectivity index (χ0n) is 30.8. The third kappa shape index (κ3) is 9.01. The van der Waals surface area contributed by atoms with Crippen LogP contribution < -0.4 is 11.5 Å². The molecule has 2 heterocycles. The molecular weight excluding hydrogens is 668 g/mol. The average molecular weight is 717 g/mol. The number of nitrogens with zero attached hydrogens (tertiary/aromatic N) is 4. The van der Waals surface area contributed by atoms with E-state index < -0.39 is 23.8 Å². The van der Waals surface area contributed by atoms with Crippen LogP contribution in [0.4, 0.5) is 0 Å². The van der Waals surface area contributed by atoms with E-state index in [4.69, 9.17) is 16.2 Å². The number of hydrogen-bond donors (Lipinski definition) is 2. The van der Waals surface area contributed by atoms with Crippen molar-refractivity contribution in [1.82, 2.24) is 19.9 Å². The molecule has 276 valence electrons. The maximum absolute atomic E-state index is 12.7. The predicted octanol–water partition coefficient (Wildman–Crippen LogP) is 7.08. The number of carbonyl (C=O) groups is 4. The van der Waals surface area contributed by atoms with Crippen LogP contribution in [0.2, 0.25) is 0 Å². The smallest absolute Gasteiger partial charge is 0.313 e. The Labute approximate surface area is 310 Å². The molecule has 2 saturated carbocycles. The summed E-state index contributed by atoms with van der Waals surface area (Å²) in [4.78, 5) is 66.8. The van der Waals surface area contributed by atoms with Crippen LogP contribution in [0.1, 0.15) is 132 Å². The number of benzene rings is 2. The van der Waals surface area contributed by atoms with E-state index in [0.717, 1.165) is 73.9 Å². The minimum absolute atomic E-state index is 0.139. The minimum atomic E-state index is -0.608. The van der Waals surface area contributed by atoms with E-state index in [1.807, 2.05) is 45.0 Å². The summed E-state index contributed by atoms with van der Waals surface area (Å²) in [7, 11) is 0. The summed E-state index contributed by atoms with van der Waals surface area (Å²) in [5.41, 5.74) is 18.9. The number of rotatable bonds is 11. The molecule has 2 fully saturated rings. The van der Waals surface area contributed by atoms with E-state index in [-0.39, 0.29) is 36.1 Å². The fourth-order valence-corrected chi connectivity index (χ4v) is 8.03. The van der Waals surface area contributed by atoms with E-state index in [1.165, 1.54) is 17.3 Å². The van der Waals surface area contributed by atoms with E-state index in [0.29, 0.717) is 35.3 Å². The second-order valence-corrected chi connectivity index (χ2v) is 14.7. The second-order valence-electron chi connectivity index (χ2n) is 14.7. The summed E-state index contributed by atoms with van der Waals surface area (Å²) in [6.07, 6.45) is 9.97. The number of esters is 2. The lowest BCUT2D eigenvalue weighted by atomic mass is 9.77. The molecule has 11 heteroatoms. The van der Waals surface area contributed by atoms with Crippen molar-refractivity contribution in [1.29, 1.82) is 0 Å². The lowest BCUT2D eigenvalue weighted by molar-refractivity contribution is -0.161. The fraction of sp³-hybridized carbons (Fsp3) is 0.429. The number of carbonyl (C=O) groups excluding carboxylic acids is 4. The maximum atomic E-state index is 12.7. The van der Waals surface area contributed by atoms with Crippen LogP contribution >= 0.6 is 0 Å². The van der Waals surface area contributed by atoms with Gasteiger partial charge < -0.3 is 16.2 Å². The van der Waals surface area contributed by atoms with Gasteiger partial charge in [0.05, 0.1) is 34.7 Å². The SMILES string of the molecule is CCc1nc(C)c(-c2ccc(C3CCC(CC(=O)OC(=O)CC4CCC(c5ccc(-c6nc(C(N)=O)cnc6C)cc5)CC4)CC3)cc2)nc1C(N)=O. The van der Waals surface area contributed by atoms with Crippen LogP contribution in [-0.4, -0.2) is 43.7 Å². The number of aromatic nitrogens is 4. The van der Waals surface area contributed by atoms with Gasteiger partial charge in [0.15, 0.2) is 0 Å². The van der Waals surface area contributed by atoms with Crippen molar-refractivity contribution in [3.05, 3.63) is 94.3 Å². The van der Waals surface area contributed by atoms with Crippen LogP contribution in [0.15, 0.2) is 54.7 Å². The number of hydrogen-bond acceptors (Lipinski definition) is 9. The molecule has 4 N–H and O–H groups in total. The van der Waals surface area contributed by atoms with Gasteiger partial charge >= 0.3 is 11.9 Å². The third-order valence-electron chi connectivity index (χ3n) is 11.1. The van der Waals surface area contributed by atoms with Crippen molar-refractivity contribution in [3.8, 4) is 22.5 Å². The second kappa shape index (κ2) is 16.6. The Morgan fingerprint density at radius 1 is 0.642 bits per heavy atom. The highest BCUT2D eigenvalue weighted by molar-refractivity contribution is 5.92. The third-order valence-corrected chi connectivity index (χ3v) is 11.1. The van der Waals surface area contributed by atoms with Crippen molar-refractivity contribution < 1.29 is 23.9 Å².